The second kappa shape index (κ2) is 5.34. The monoisotopic (exact) mass is 369 g/mol. The average molecular weight is 370 g/mol. The van der Waals surface area contributed by atoms with Crippen LogP contribution >= 0.6 is 27.3 Å². The lowest BCUT2D eigenvalue weighted by Gasteiger charge is -2.00. The maximum Gasteiger partial charge on any atom is 0.213 e. The number of thiazole rings is 1. The molecule has 0 N–H and O–H groups in total. The summed E-state index contributed by atoms with van der Waals surface area (Å²) in [4.78, 5) is 5.58. The van der Waals surface area contributed by atoms with E-state index < -0.39 is 0 Å². The molecule has 0 amide bonds. The fraction of sp³-hybridized carbons (Fsp3) is 0.0588. The molecular weight excluding hydrogens is 358 g/mol. The van der Waals surface area contributed by atoms with Gasteiger partial charge in [0.05, 0.1) is 5.69 Å². The molecule has 0 bridgehead atoms. The lowest BCUT2D eigenvalue weighted by Crippen LogP contribution is -1.90. The van der Waals surface area contributed by atoms with Gasteiger partial charge >= 0.3 is 0 Å². The van der Waals surface area contributed by atoms with Crippen molar-refractivity contribution in [1.29, 1.82) is 0 Å². The van der Waals surface area contributed by atoms with Gasteiger partial charge in [0.1, 0.15) is 0 Å². The molecule has 0 aliphatic carbocycles. The van der Waals surface area contributed by atoms with Crippen LogP contribution in [-0.4, -0.2) is 14.6 Å². The summed E-state index contributed by atoms with van der Waals surface area (Å²) in [6, 6.07) is 16.4. The Morgan fingerprint density at radius 3 is 2.59 bits per heavy atom. The van der Waals surface area contributed by atoms with E-state index >= 15 is 0 Å². The molecule has 2 aromatic heterocycles. The Bertz CT molecular complexity index is 954. The normalized spacial score (nSPS) is 11.2. The molecule has 0 saturated carbocycles. The smallest absolute Gasteiger partial charge is 0.203 e. The molecule has 0 spiro atoms. The van der Waals surface area contributed by atoms with E-state index in [1.807, 2.05) is 28.8 Å². The Hall–Kier alpha value is -1.98. The first-order valence-corrected chi connectivity index (χ1v) is 8.56. The van der Waals surface area contributed by atoms with E-state index in [1.54, 1.807) is 11.3 Å². The first-order valence-electron chi connectivity index (χ1n) is 6.88. The summed E-state index contributed by atoms with van der Waals surface area (Å²) in [6.45, 7) is 2.08. The van der Waals surface area contributed by atoms with E-state index in [-0.39, 0.29) is 0 Å². The van der Waals surface area contributed by atoms with E-state index in [4.69, 9.17) is 5.10 Å². The molecule has 4 aromatic rings. The van der Waals surface area contributed by atoms with Crippen LogP contribution in [-0.2, 0) is 0 Å². The van der Waals surface area contributed by atoms with Gasteiger partial charge in [-0.15, -0.1) is 16.4 Å². The second-order valence-electron chi connectivity index (χ2n) is 5.07. The van der Waals surface area contributed by atoms with E-state index in [1.165, 1.54) is 5.56 Å². The Morgan fingerprint density at radius 2 is 1.82 bits per heavy atom. The number of fused-ring (bicyclic) bond motifs is 1. The first-order chi connectivity index (χ1) is 10.7. The zero-order valence-electron chi connectivity index (χ0n) is 11.8. The van der Waals surface area contributed by atoms with Crippen molar-refractivity contribution in [3.8, 4) is 22.6 Å². The molecular formula is C17H12BrN3S. The predicted molar refractivity (Wildman–Crippen MR) is 94.2 cm³/mol. The highest BCUT2D eigenvalue weighted by Crippen LogP contribution is 2.29. The minimum Gasteiger partial charge on any atom is -0.203 e. The molecule has 2 aromatic carbocycles. The van der Waals surface area contributed by atoms with Crippen molar-refractivity contribution < 1.29 is 0 Å². The quantitative estimate of drug-likeness (QED) is 0.486. The van der Waals surface area contributed by atoms with E-state index in [0.29, 0.717) is 0 Å². The van der Waals surface area contributed by atoms with Crippen LogP contribution in [0.5, 0.6) is 0 Å². The molecule has 0 fully saturated rings. The van der Waals surface area contributed by atoms with Crippen LogP contribution in [0.3, 0.4) is 0 Å². The number of benzene rings is 2. The third-order valence-electron chi connectivity index (χ3n) is 3.61. The van der Waals surface area contributed by atoms with Crippen molar-refractivity contribution in [2.24, 2.45) is 0 Å². The zero-order valence-corrected chi connectivity index (χ0v) is 14.2. The molecule has 5 heteroatoms. The van der Waals surface area contributed by atoms with Crippen LogP contribution in [0.15, 0.2) is 58.4 Å². The topological polar surface area (TPSA) is 30.2 Å². The van der Waals surface area contributed by atoms with Crippen molar-refractivity contribution in [2.45, 2.75) is 6.92 Å². The van der Waals surface area contributed by atoms with Gasteiger partial charge in [-0.2, -0.15) is 4.98 Å². The van der Waals surface area contributed by atoms with Gasteiger partial charge in [-0.3, -0.25) is 0 Å². The molecule has 108 valence electrons. The van der Waals surface area contributed by atoms with Gasteiger partial charge < -0.3 is 0 Å². The molecule has 0 atom stereocenters. The van der Waals surface area contributed by atoms with Crippen molar-refractivity contribution in [3.63, 3.8) is 0 Å². The molecule has 3 nitrogen and oxygen atoms in total. The number of rotatable bonds is 2. The molecule has 0 aliphatic heterocycles. The van der Waals surface area contributed by atoms with Crippen molar-refractivity contribution in [2.75, 3.05) is 0 Å². The molecule has 0 radical (unpaired) electrons. The van der Waals surface area contributed by atoms with Crippen LogP contribution in [0.2, 0.25) is 0 Å². The van der Waals surface area contributed by atoms with Gasteiger partial charge in [0.2, 0.25) is 4.96 Å². The number of halogens is 1. The van der Waals surface area contributed by atoms with Crippen LogP contribution in [0.25, 0.3) is 27.6 Å². The Balaban J connectivity index is 1.86. The number of hydrogen-bond donors (Lipinski definition) is 0. The minimum atomic E-state index is 0.781. The highest BCUT2D eigenvalue weighted by atomic mass is 79.9. The van der Waals surface area contributed by atoms with Crippen LogP contribution in [0, 0.1) is 6.92 Å². The van der Waals surface area contributed by atoms with Gasteiger partial charge in [0, 0.05) is 21.0 Å². The van der Waals surface area contributed by atoms with Gasteiger partial charge in [-0.25, -0.2) is 4.52 Å². The standard InChI is InChI=1S/C17H12BrN3S/c1-11-4-2-3-5-14(11)16-19-17-21(20-16)15(10-22-17)12-6-8-13(18)9-7-12/h2-10H,1H3. The maximum atomic E-state index is 4.71. The maximum absolute atomic E-state index is 4.71. The molecule has 0 saturated heterocycles. The fourth-order valence-electron chi connectivity index (χ4n) is 2.44. The van der Waals surface area contributed by atoms with Gasteiger partial charge in [-0.05, 0) is 24.6 Å². The molecule has 4 rings (SSSR count). The molecule has 0 aliphatic rings. The fourth-order valence-corrected chi connectivity index (χ4v) is 3.53. The Kier molecular flexibility index (Phi) is 3.32. The zero-order chi connectivity index (χ0) is 15.1. The van der Waals surface area contributed by atoms with Gasteiger partial charge in [-0.1, -0.05) is 52.3 Å². The van der Waals surface area contributed by atoms with Gasteiger partial charge in [0.15, 0.2) is 5.82 Å². The third-order valence-corrected chi connectivity index (χ3v) is 4.95. The summed E-state index contributed by atoms with van der Waals surface area (Å²) >= 11 is 5.08. The highest BCUT2D eigenvalue weighted by molar-refractivity contribution is 9.10. The Labute approximate surface area is 140 Å². The SMILES string of the molecule is Cc1ccccc1-c1nc2scc(-c3ccc(Br)cc3)n2n1. The van der Waals surface area contributed by atoms with E-state index in [0.717, 1.165) is 32.1 Å². The van der Waals surface area contributed by atoms with Crippen molar-refractivity contribution in [1.82, 2.24) is 14.6 Å². The van der Waals surface area contributed by atoms with E-state index in [2.05, 4.69) is 57.5 Å². The summed E-state index contributed by atoms with van der Waals surface area (Å²) in [7, 11) is 0. The summed E-state index contributed by atoms with van der Waals surface area (Å²) in [5, 5.41) is 6.80. The van der Waals surface area contributed by atoms with Crippen LogP contribution in [0.4, 0.5) is 0 Å². The molecule has 2 heterocycles. The summed E-state index contributed by atoms with van der Waals surface area (Å²) in [5.41, 5.74) is 4.47. The minimum absolute atomic E-state index is 0.781. The largest absolute Gasteiger partial charge is 0.213 e. The molecule has 0 unspecified atom stereocenters. The predicted octanol–water partition coefficient (Wildman–Crippen LogP) is 5.20. The number of hydrogen-bond acceptors (Lipinski definition) is 3. The highest BCUT2D eigenvalue weighted by Gasteiger charge is 2.13. The van der Waals surface area contributed by atoms with Gasteiger partial charge in [0.25, 0.3) is 0 Å². The van der Waals surface area contributed by atoms with Crippen LogP contribution < -0.4 is 0 Å². The number of nitrogens with zero attached hydrogens (tertiary/aromatic N) is 3. The summed E-state index contributed by atoms with van der Waals surface area (Å²) in [6.07, 6.45) is 0. The average Bonchev–Trinajstić information content (AvgIpc) is 3.09. The lowest BCUT2D eigenvalue weighted by atomic mass is 10.1. The van der Waals surface area contributed by atoms with E-state index in [9.17, 15) is 0 Å². The molecule has 22 heavy (non-hydrogen) atoms. The van der Waals surface area contributed by atoms with Crippen molar-refractivity contribution >= 4 is 32.2 Å². The third kappa shape index (κ3) is 2.26. The number of aromatic nitrogens is 3. The second-order valence-corrected chi connectivity index (χ2v) is 6.82. The van der Waals surface area contributed by atoms with Crippen molar-refractivity contribution in [3.05, 3.63) is 63.9 Å². The summed E-state index contributed by atoms with van der Waals surface area (Å²) in [5.74, 6) is 0.781. The first kappa shape index (κ1) is 13.7. The van der Waals surface area contributed by atoms with Crippen LogP contribution in [0.1, 0.15) is 5.56 Å². The lowest BCUT2D eigenvalue weighted by molar-refractivity contribution is 0.988. The number of aryl methyl sites for hydroxylation is 1. The Morgan fingerprint density at radius 1 is 1.05 bits per heavy atom. The summed E-state index contributed by atoms with van der Waals surface area (Å²) < 4.78 is 3.00.